The number of carboxylic acid groups (broad SMARTS) is 1. The summed E-state index contributed by atoms with van der Waals surface area (Å²) in [5.41, 5.74) is 1.79. The highest BCUT2D eigenvalue weighted by molar-refractivity contribution is 5.71. The van der Waals surface area contributed by atoms with Crippen molar-refractivity contribution < 1.29 is 24.2 Å². The molecule has 2 aromatic rings. The summed E-state index contributed by atoms with van der Waals surface area (Å²) in [4.78, 5) is 25.0. The van der Waals surface area contributed by atoms with Gasteiger partial charge in [-0.25, -0.2) is 4.79 Å². The number of hydrogen-bond acceptors (Lipinski definition) is 4. The van der Waals surface area contributed by atoms with Crippen LogP contribution in [0.1, 0.15) is 44.2 Å². The van der Waals surface area contributed by atoms with Crippen molar-refractivity contribution in [2.75, 3.05) is 13.2 Å². The average molecular weight is 426 g/mol. The Morgan fingerprint density at radius 2 is 1.84 bits per heavy atom. The van der Waals surface area contributed by atoms with Gasteiger partial charge in [0.2, 0.25) is 0 Å². The van der Waals surface area contributed by atoms with Gasteiger partial charge in [-0.2, -0.15) is 0 Å². The van der Waals surface area contributed by atoms with E-state index in [0.29, 0.717) is 19.6 Å². The minimum Gasteiger partial charge on any atom is -0.494 e. The molecule has 0 saturated carbocycles. The van der Waals surface area contributed by atoms with Crippen molar-refractivity contribution >= 4 is 12.1 Å². The Bertz CT molecular complexity index is 880. The minimum atomic E-state index is -0.813. The number of amides is 1. The zero-order valence-electron chi connectivity index (χ0n) is 18.3. The van der Waals surface area contributed by atoms with Gasteiger partial charge in [-0.1, -0.05) is 42.5 Å². The average Bonchev–Trinajstić information content (AvgIpc) is 2.94. The molecule has 0 aromatic heterocycles. The summed E-state index contributed by atoms with van der Waals surface area (Å²) in [6.07, 6.45) is 2.73. The fraction of sp³-hybridized carbons (Fsp3) is 0.440. The van der Waals surface area contributed by atoms with Gasteiger partial charge in [0.1, 0.15) is 11.4 Å². The summed E-state index contributed by atoms with van der Waals surface area (Å²) in [5, 5.41) is 8.70. The Morgan fingerprint density at radius 1 is 1.10 bits per heavy atom. The third-order valence-electron chi connectivity index (χ3n) is 5.60. The van der Waals surface area contributed by atoms with Crippen LogP contribution in [-0.2, 0) is 22.4 Å². The van der Waals surface area contributed by atoms with E-state index in [0.717, 1.165) is 30.6 Å². The summed E-state index contributed by atoms with van der Waals surface area (Å²) < 4.78 is 11.3. The molecule has 0 aliphatic carbocycles. The van der Waals surface area contributed by atoms with Gasteiger partial charge in [-0.15, -0.1) is 0 Å². The zero-order valence-corrected chi connectivity index (χ0v) is 18.3. The maximum atomic E-state index is 12.5. The number of carboxylic acids is 1. The van der Waals surface area contributed by atoms with Crippen LogP contribution < -0.4 is 4.74 Å². The molecule has 1 aliphatic heterocycles. The predicted molar refractivity (Wildman–Crippen MR) is 118 cm³/mol. The molecule has 1 fully saturated rings. The Labute approximate surface area is 183 Å². The molecule has 1 atom stereocenters. The SMILES string of the molecule is CC1(C)OC(=O)N(CCCc2cccc(OCCCC(=O)O)c2)[C@H]1Cc1ccccc1. The van der Waals surface area contributed by atoms with Crippen molar-refractivity contribution in [2.45, 2.75) is 57.6 Å². The molecule has 0 bridgehead atoms. The first-order chi connectivity index (χ1) is 14.8. The molecular formula is C25H31NO5. The van der Waals surface area contributed by atoms with Gasteiger partial charge in [0.05, 0.1) is 12.6 Å². The van der Waals surface area contributed by atoms with Gasteiger partial charge in [-0.05, 0) is 62.8 Å². The second kappa shape index (κ2) is 10.3. The minimum absolute atomic E-state index is 0.00805. The number of carbonyl (C=O) groups excluding carboxylic acids is 1. The van der Waals surface area contributed by atoms with Crippen LogP contribution in [0.4, 0.5) is 4.79 Å². The van der Waals surface area contributed by atoms with Gasteiger partial charge in [0, 0.05) is 13.0 Å². The van der Waals surface area contributed by atoms with Crippen LogP contribution in [0.25, 0.3) is 0 Å². The Kier molecular flexibility index (Phi) is 7.55. The molecule has 1 aliphatic rings. The number of carbonyl (C=O) groups is 2. The second-order valence-corrected chi connectivity index (χ2v) is 8.47. The van der Waals surface area contributed by atoms with Gasteiger partial charge >= 0.3 is 12.1 Å². The monoisotopic (exact) mass is 425 g/mol. The molecule has 6 heteroatoms. The van der Waals surface area contributed by atoms with Gasteiger partial charge in [-0.3, -0.25) is 4.79 Å². The molecule has 0 spiro atoms. The highest BCUT2D eigenvalue weighted by Gasteiger charge is 2.47. The summed E-state index contributed by atoms with van der Waals surface area (Å²) in [7, 11) is 0. The number of aliphatic carboxylic acids is 1. The van der Waals surface area contributed by atoms with E-state index in [4.69, 9.17) is 14.6 Å². The van der Waals surface area contributed by atoms with Crippen LogP contribution in [0.3, 0.4) is 0 Å². The lowest BCUT2D eigenvalue weighted by molar-refractivity contribution is -0.137. The van der Waals surface area contributed by atoms with Crippen LogP contribution in [0.5, 0.6) is 5.75 Å². The fourth-order valence-electron chi connectivity index (χ4n) is 3.95. The highest BCUT2D eigenvalue weighted by Crippen LogP contribution is 2.32. The lowest BCUT2D eigenvalue weighted by Crippen LogP contribution is -2.43. The lowest BCUT2D eigenvalue weighted by atomic mass is 9.92. The Balaban J connectivity index is 1.54. The van der Waals surface area contributed by atoms with Crippen LogP contribution in [-0.4, -0.2) is 46.9 Å². The van der Waals surface area contributed by atoms with E-state index < -0.39 is 11.6 Å². The largest absolute Gasteiger partial charge is 0.494 e. The molecule has 0 radical (unpaired) electrons. The first-order valence-corrected chi connectivity index (χ1v) is 10.8. The van der Waals surface area contributed by atoms with E-state index in [-0.39, 0.29) is 18.6 Å². The van der Waals surface area contributed by atoms with Crippen molar-refractivity contribution in [3.05, 3.63) is 65.7 Å². The van der Waals surface area contributed by atoms with Crippen LogP contribution in [0.2, 0.25) is 0 Å². The molecular weight excluding hydrogens is 394 g/mol. The first-order valence-electron chi connectivity index (χ1n) is 10.8. The number of ether oxygens (including phenoxy) is 2. The van der Waals surface area contributed by atoms with Crippen LogP contribution in [0.15, 0.2) is 54.6 Å². The number of benzene rings is 2. The second-order valence-electron chi connectivity index (χ2n) is 8.47. The molecule has 2 aromatic carbocycles. The molecule has 1 N–H and O–H groups in total. The maximum Gasteiger partial charge on any atom is 0.410 e. The molecule has 1 saturated heterocycles. The quantitative estimate of drug-likeness (QED) is 0.528. The number of nitrogens with zero attached hydrogens (tertiary/aromatic N) is 1. The van der Waals surface area contributed by atoms with E-state index in [9.17, 15) is 9.59 Å². The summed E-state index contributed by atoms with van der Waals surface area (Å²) in [6.45, 7) is 4.96. The molecule has 31 heavy (non-hydrogen) atoms. The van der Waals surface area contributed by atoms with Gasteiger partial charge in [0.15, 0.2) is 0 Å². The molecule has 6 nitrogen and oxygen atoms in total. The number of cyclic esters (lactones) is 1. The Hall–Kier alpha value is -3.02. The Morgan fingerprint density at radius 3 is 2.58 bits per heavy atom. The van der Waals surface area contributed by atoms with Crippen molar-refractivity contribution in [3.8, 4) is 5.75 Å². The van der Waals surface area contributed by atoms with Crippen molar-refractivity contribution in [3.63, 3.8) is 0 Å². The van der Waals surface area contributed by atoms with Crippen LogP contribution in [0, 0.1) is 0 Å². The lowest BCUT2D eigenvalue weighted by Gasteiger charge is -2.29. The maximum absolute atomic E-state index is 12.5. The third kappa shape index (κ3) is 6.48. The van der Waals surface area contributed by atoms with E-state index in [1.807, 2.05) is 61.2 Å². The van der Waals surface area contributed by atoms with Crippen LogP contribution >= 0.6 is 0 Å². The van der Waals surface area contributed by atoms with Gasteiger partial charge < -0.3 is 19.5 Å². The van der Waals surface area contributed by atoms with Crippen molar-refractivity contribution in [1.82, 2.24) is 4.90 Å². The topological polar surface area (TPSA) is 76.1 Å². The number of aryl methyl sites for hydroxylation is 1. The smallest absolute Gasteiger partial charge is 0.410 e. The predicted octanol–water partition coefficient (Wildman–Crippen LogP) is 4.70. The third-order valence-corrected chi connectivity index (χ3v) is 5.60. The summed E-state index contributed by atoms with van der Waals surface area (Å²) >= 11 is 0. The molecule has 1 amide bonds. The van der Waals surface area contributed by atoms with E-state index >= 15 is 0 Å². The standard InChI is InChI=1S/C25H31NO5/c1-25(2)22(18-20-9-4-3-5-10-20)26(24(29)31-25)15-7-12-19-11-6-13-21(17-19)30-16-8-14-23(27)28/h3-6,9-11,13,17,22H,7-8,12,14-16,18H2,1-2H3,(H,27,28)/t22-/m0/s1. The first kappa shape index (κ1) is 22.7. The molecule has 166 valence electrons. The summed E-state index contributed by atoms with van der Waals surface area (Å²) in [6, 6.07) is 18.0. The highest BCUT2D eigenvalue weighted by atomic mass is 16.6. The molecule has 0 unspecified atom stereocenters. The fourth-order valence-corrected chi connectivity index (χ4v) is 3.95. The van der Waals surface area contributed by atoms with Crippen molar-refractivity contribution in [2.24, 2.45) is 0 Å². The van der Waals surface area contributed by atoms with E-state index in [2.05, 4.69) is 12.1 Å². The van der Waals surface area contributed by atoms with E-state index in [1.54, 1.807) is 0 Å². The molecule has 1 heterocycles. The normalized spacial score (nSPS) is 17.4. The number of hydrogen-bond donors (Lipinski definition) is 1. The zero-order chi connectivity index (χ0) is 22.3. The summed E-state index contributed by atoms with van der Waals surface area (Å²) in [5.74, 6) is -0.0712. The number of rotatable bonds is 11. The van der Waals surface area contributed by atoms with Gasteiger partial charge in [0.25, 0.3) is 0 Å². The molecule has 3 rings (SSSR count). The van der Waals surface area contributed by atoms with Crippen molar-refractivity contribution in [1.29, 1.82) is 0 Å². The van der Waals surface area contributed by atoms with E-state index in [1.165, 1.54) is 5.56 Å².